The van der Waals surface area contributed by atoms with Crippen LogP contribution in [0.25, 0.3) is 21.7 Å². The Labute approximate surface area is 142 Å². The van der Waals surface area contributed by atoms with Gasteiger partial charge in [0.25, 0.3) is 0 Å². The van der Waals surface area contributed by atoms with Crippen LogP contribution in [0, 0.1) is 5.82 Å². The van der Waals surface area contributed by atoms with E-state index < -0.39 is 11.4 Å². The van der Waals surface area contributed by atoms with E-state index in [0.717, 1.165) is 16.2 Å². The molecule has 4 heteroatoms. The van der Waals surface area contributed by atoms with E-state index in [2.05, 4.69) is 0 Å². The van der Waals surface area contributed by atoms with E-state index in [-0.39, 0.29) is 17.8 Å². The van der Waals surface area contributed by atoms with Gasteiger partial charge in [-0.3, -0.25) is 4.79 Å². The number of halogens is 1. The number of carbonyl (C=O) groups excluding carboxylic acids is 1. The Kier molecular flexibility index (Phi) is 3.65. The van der Waals surface area contributed by atoms with Gasteiger partial charge < -0.3 is 4.42 Å². The van der Waals surface area contributed by atoms with Gasteiger partial charge in [-0.2, -0.15) is 0 Å². The van der Waals surface area contributed by atoms with Gasteiger partial charge in [-0.25, -0.2) is 9.18 Å². The van der Waals surface area contributed by atoms with E-state index in [9.17, 15) is 14.0 Å². The normalized spacial score (nSPS) is 11.1. The first kappa shape index (κ1) is 15.3. The molecule has 0 saturated heterocycles. The molecule has 0 saturated carbocycles. The minimum absolute atomic E-state index is 0.0902. The second kappa shape index (κ2) is 5.98. The number of rotatable bonds is 3. The van der Waals surface area contributed by atoms with E-state index in [0.29, 0.717) is 11.1 Å². The highest BCUT2D eigenvalue weighted by atomic mass is 19.1. The SMILES string of the molecule is O=C(Cc1cc2c(ccc3ccccc32)oc1=O)c1ccc(F)cc1. The Hall–Kier alpha value is -3.27. The van der Waals surface area contributed by atoms with Gasteiger partial charge in [0.15, 0.2) is 5.78 Å². The summed E-state index contributed by atoms with van der Waals surface area (Å²) in [7, 11) is 0. The first-order valence-corrected chi connectivity index (χ1v) is 7.85. The molecule has 0 radical (unpaired) electrons. The summed E-state index contributed by atoms with van der Waals surface area (Å²) in [5, 5.41) is 2.78. The first-order valence-electron chi connectivity index (χ1n) is 7.85. The molecule has 0 N–H and O–H groups in total. The topological polar surface area (TPSA) is 47.3 Å². The van der Waals surface area contributed by atoms with Crippen LogP contribution in [0.5, 0.6) is 0 Å². The van der Waals surface area contributed by atoms with Crippen molar-refractivity contribution in [3.05, 3.63) is 94.1 Å². The largest absolute Gasteiger partial charge is 0.422 e. The summed E-state index contributed by atoms with van der Waals surface area (Å²) in [5.74, 6) is -0.667. The number of ketones is 1. The molecule has 3 aromatic carbocycles. The number of fused-ring (bicyclic) bond motifs is 3. The van der Waals surface area contributed by atoms with Crippen LogP contribution in [0.2, 0.25) is 0 Å². The standard InChI is InChI=1S/C21H13FO3/c22-16-8-5-14(6-9-16)19(23)12-15-11-18-17-4-2-1-3-13(17)7-10-20(18)25-21(15)24/h1-11H,12H2. The molecule has 4 aromatic rings. The minimum Gasteiger partial charge on any atom is -0.422 e. The lowest BCUT2D eigenvalue weighted by atomic mass is 10.0. The maximum atomic E-state index is 13.0. The molecule has 4 rings (SSSR count). The third-order valence-corrected chi connectivity index (χ3v) is 4.23. The van der Waals surface area contributed by atoms with Gasteiger partial charge in [0.2, 0.25) is 0 Å². The number of hydrogen-bond acceptors (Lipinski definition) is 3. The lowest BCUT2D eigenvalue weighted by Crippen LogP contribution is -2.13. The van der Waals surface area contributed by atoms with E-state index in [1.54, 1.807) is 12.1 Å². The van der Waals surface area contributed by atoms with Crippen molar-refractivity contribution >= 4 is 27.5 Å². The molecule has 1 aromatic heterocycles. The number of hydrogen-bond donors (Lipinski definition) is 0. The van der Waals surface area contributed by atoms with Crippen molar-refractivity contribution in [3.63, 3.8) is 0 Å². The van der Waals surface area contributed by atoms with Crippen LogP contribution < -0.4 is 5.63 Å². The Morgan fingerprint density at radius 2 is 1.68 bits per heavy atom. The zero-order chi connectivity index (χ0) is 17.4. The summed E-state index contributed by atoms with van der Waals surface area (Å²) in [6.45, 7) is 0. The van der Waals surface area contributed by atoms with Gasteiger partial charge in [0.1, 0.15) is 11.4 Å². The summed E-state index contributed by atoms with van der Waals surface area (Å²) >= 11 is 0. The average Bonchev–Trinajstić information content (AvgIpc) is 2.63. The van der Waals surface area contributed by atoms with Gasteiger partial charge in [0.05, 0.1) is 0 Å². The summed E-state index contributed by atoms with van der Waals surface area (Å²) in [5.41, 5.74) is 0.608. The predicted molar refractivity (Wildman–Crippen MR) is 94.4 cm³/mol. The summed E-state index contributed by atoms with van der Waals surface area (Å²) < 4.78 is 18.4. The zero-order valence-corrected chi connectivity index (χ0v) is 13.2. The third kappa shape index (κ3) is 2.83. The zero-order valence-electron chi connectivity index (χ0n) is 13.2. The highest BCUT2D eigenvalue weighted by Gasteiger charge is 2.13. The van der Waals surface area contributed by atoms with E-state index >= 15 is 0 Å². The molecular formula is C21H13FO3. The summed E-state index contributed by atoms with van der Waals surface area (Å²) in [4.78, 5) is 24.6. The molecule has 0 fully saturated rings. The quantitative estimate of drug-likeness (QED) is 0.315. The maximum Gasteiger partial charge on any atom is 0.339 e. The molecule has 0 aliphatic heterocycles. The van der Waals surface area contributed by atoms with Gasteiger partial charge in [-0.05, 0) is 47.2 Å². The Balaban J connectivity index is 1.80. The predicted octanol–water partition coefficient (Wildman–Crippen LogP) is 4.51. The van der Waals surface area contributed by atoms with Crippen molar-refractivity contribution in [3.8, 4) is 0 Å². The van der Waals surface area contributed by atoms with Crippen LogP contribution in [0.3, 0.4) is 0 Å². The molecule has 0 amide bonds. The fraction of sp³-hybridized carbons (Fsp3) is 0.0476. The molecule has 1 heterocycles. The van der Waals surface area contributed by atoms with Gasteiger partial charge in [0, 0.05) is 22.9 Å². The smallest absolute Gasteiger partial charge is 0.339 e. The molecular weight excluding hydrogens is 319 g/mol. The lowest BCUT2D eigenvalue weighted by Gasteiger charge is -2.05. The molecule has 0 aliphatic carbocycles. The van der Waals surface area contributed by atoms with Crippen molar-refractivity contribution in [2.75, 3.05) is 0 Å². The van der Waals surface area contributed by atoms with Crippen LogP contribution in [-0.2, 0) is 6.42 Å². The Morgan fingerprint density at radius 3 is 2.48 bits per heavy atom. The van der Waals surface area contributed by atoms with Crippen molar-refractivity contribution in [1.82, 2.24) is 0 Å². The van der Waals surface area contributed by atoms with Crippen LogP contribution in [-0.4, -0.2) is 5.78 Å². The molecule has 3 nitrogen and oxygen atoms in total. The monoisotopic (exact) mass is 332 g/mol. The lowest BCUT2D eigenvalue weighted by molar-refractivity contribution is 0.0992. The van der Waals surface area contributed by atoms with Crippen LogP contribution in [0.1, 0.15) is 15.9 Å². The molecule has 122 valence electrons. The van der Waals surface area contributed by atoms with Crippen molar-refractivity contribution in [1.29, 1.82) is 0 Å². The third-order valence-electron chi connectivity index (χ3n) is 4.23. The summed E-state index contributed by atoms with van der Waals surface area (Å²) in [6, 6.07) is 18.4. The van der Waals surface area contributed by atoms with E-state index in [1.165, 1.54) is 24.3 Å². The second-order valence-corrected chi connectivity index (χ2v) is 5.86. The fourth-order valence-corrected chi connectivity index (χ4v) is 2.95. The fourth-order valence-electron chi connectivity index (χ4n) is 2.95. The van der Waals surface area contributed by atoms with Crippen molar-refractivity contribution < 1.29 is 13.6 Å². The van der Waals surface area contributed by atoms with Crippen molar-refractivity contribution in [2.45, 2.75) is 6.42 Å². The van der Waals surface area contributed by atoms with Gasteiger partial charge in [-0.1, -0.05) is 30.3 Å². The van der Waals surface area contributed by atoms with E-state index in [4.69, 9.17) is 4.42 Å². The van der Waals surface area contributed by atoms with Crippen LogP contribution in [0.4, 0.5) is 4.39 Å². The van der Waals surface area contributed by atoms with Crippen LogP contribution in [0.15, 0.2) is 75.9 Å². The van der Waals surface area contributed by atoms with Crippen molar-refractivity contribution in [2.24, 2.45) is 0 Å². The van der Waals surface area contributed by atoms with Gasteiger partial charge >= 0.3 is 5.63 Å². The molecule has 25 heavy (non-hydrogen) atoms. The maximum absolute atomic E-state index is 13.0. The first-order chi connectivity index (χ1) is 12.1. The number of Topliss-reactive ketones (excluding diaryl/α,β-unsaturated/α-hetero) is 1. The number of carbonyl (C=O) groups is 1. The highest BCUT2D eigenvalue weighted by Crippen LogP contribution is 2.25. The van der Waals surface area contributed by atoms with E-state index in [1.807, 2.05) is 30.3 Å². The molecule has 0 atom stereocenters. The average molecular weight is 332 g/mol. The van der Waals surface area contributed by atoms with Gasteiger partial charge in [-0.15, -0.1) is 0 Å². The Bertz CT molecular complexity index is 1160. The molecule has 0 aliphatic rings. The molecule has 0 spiro atoms. The summed E-state index contributed by atoms with van der Waals surface area (Å²) in [6.07, 6.45) is -0.0902. The Morgan fingerprint density at radius 1 is 0.920 bits per heavy atom. The molecule has 0 unspecified atom stereocenters. The van der Waals surface area contributed by atoms with Crippen LogP contribution >= 0.6 is 0 Å². The highest BCUT2D eigenvalue weighted by molar-refractivity contribution is 6.06. The number of benzene rings is 3. The second-order valence-electron chi connectivity index (χ2n) is 5.86. The minimum atomic E-state index is -0.529. The molecule has 0 bridgehead atoms.